The lowest BCUT2D eigenvalue weighted by Crippen LogP contribution is -3.03. The van der Waals surface area contributed by atoms with E-state index in [2.05, 4.69) is 85.5 Å². The maximum Gasteiger partial charge on any atom is 0.243 e. The number of aromatic nitrogens is 4. The number of rotatable bonds is 3. The zero-order valence-electron chi connectivity index (χ0n) is 21.1. The monoisotopic (exact) mass is 477 g/mol. The number of aryl methyl sites for hydroxylation is 2. The molecule has 6 rings (SSSR count). The van der Waals surface area contributed by atoms with E-state index in [1.54, 1.807) is 0 Å². The summed E-state index contributed by atoms with van der Waals surface area (Å²) in [4.78, 5) is 3.66. The number of anilines is 1. The highest BCUT2D eigenvalue weighted by Crippen LogP contribution is 2.12. The topological polar surface area (TPSA) is 25.3 Å². The lowest BCUT2D eigenvalue weighted by molar-refractivity contribution is -0.817. The van der Waals surface area contributed by atoms with Crippen molar-refractivity contribution in [3.63, 3.8) is 0 Å². The molecule has 1 unspecified atom stereocenters. The average Bonchev–Trinajstić information content (AvgIpc) is 3.68. The minimum absolute atomic E-state index is 1.03. The maximum atomic E-state index is 3.13. The number of hydrogen-bond acceptors (Lipinski definition) is 1. The molecule has 3 heterocycles. The Balaban J connectivity index is 0.000000127. The summed E-state index contributed by atoms with van der Waals surface area (Å²) >= 11 is 0. The third kappa shape index (κ3) is 7.04. The van der Waals surface area contributed by atoms with Crippen LogP contribution in [0.4, 0.5) is 5.69 Å². The van der Waals surface area contributed by atoms with Gasteiger partial charge in [0.15, 0.2) is 6.67 Å². The predicted molar refractivity (Wildman–Crippen MR) is 141 cm³/mol. The van der Waals surface area contributed by atoms with Crippen molar-refractivity contribution in [1.29, 1.82) is 0 Å². The summed E-state index contributed by atoms with van der Waals surface area (Å²) in [6, 6.07) is 30.7. The van der Waals surface area contributed by atoms with Crippen LogP contribution in [0.1, 0.15) is 0 Å². The molecular formula is C30H33N6+. The molecule has 182 valence electrons. The first-order valence-electron chi connectivity index (χ1n) is 11.9. The number of nitrogens with one attached hydrogen (secondary N) is 1. The Morgan fingerprint density at radius 1 is 0.750 bits per heavy atom. The molecule has 0 aliphatic carbocycles. The minimum Gasteiger partial charge on any atom is -0.326 e. The molecule has 6 heteroatoms. The van der Waals surface area contributed by atoms with Crippen molar-refractivity contribution >= 4 is 5.69 Å². The van der Waals surface area contributed by atoms with Gasteiger partial charge < -0.3 is 18.3 Å². The lowest BCUT2D eigenvalue weighted by Gasteiger charge is -2.13. The Hall–Kier alpha value is -4.42. The van der Waals surface area contributed by atoms with Gasteiger partial charge in [-0.3, -0.25) is 9.80 Å². The number of para-hydroxylation sites is 3. The Bertz CT molecular complexity index is 1260. The maximum absolute atomic E-state index is 3.13. The van der Waals surface area contributed by atoms with Gasteiger partial charge in [0.2, 0.25) is 12.7 Å². The van der Waals surface area contributed by atoms with Crippen LogP contribution in [0.25, 0.3) is 11.4 Å². The van der Waals surface area contributed by atoms with E-state index in [9.17, 15) is 0 Å². The number of benzene rings is 3. The first-order valence-corrected chi connectivity index (χ1v) is 11.9. The molecule has 5 aromatic rings. The van der Waals surface area contributed by atoms with Crippen LogP contribution < -0.4 is 18.9 Å². The van der Waals surface area contributed by atoms with Gasteiger partial charge in [-0.1, -0.05) is 78.9 Å². The van der Waals surface area contributed by atoms with Gasteiger partial charge >= 0.3 is 0 Å². The van der Waals surface area contributed by atoms with E-state index >= 15 is 0 Å². The largest absolute Gasteiger partial charge is 0.326 e. The van der Waals surface area contributed by atoms with Crippen LogP contribution in [0.15, 0.2) is 128 Å². The van der Waals surface area contributed by atoms with Crippen LogP contribution in [0.5, 0.6) is 0 Å². The van der Waals surface area contributed by atoms with Crippen molar-refractivity contribution in [2.45, 2.75) is 0 Å². The van der Waals surface area contributed by atoms with Crippen molar-refractivity contribution in [3.05, 3.63) is 141 Å². The molecule has 0 saturated carbocycles. The zero-order valence-corrected chi connectivity index (χ0v) is 21.1. The zero-order chi connectivity index (χ0) is 25.2. The van der Waals surface area contributed by atoms with Gasteiger partial charge in [0, 0.05) is 30.5 Å². The summed E-state index contributed by atoms with van der Waals surface area (Å²) in [5.74, 6) is 0. The average molecular weight is 478 g/mol. The fourth-order valence-electron chi connectivity index (χ4n) is 3.66. The van der Waals surface area contributed by atoms with Crippen molar-refractivity contribution in [2.24, 2.45) is 14.1 Å². The Morgan fingerprint density at radius 2 is 1.36 bits per heavy atom. The summed E-state index contributed by atoms with van der Waals surface area (Å²) in [6.45, 7) is 1.03. The van der Waals surface area contributed by atoms with Crippen LogP contribution in [-0.2, 0) is 14.1 Å². The van der Waals surface area contributed by atoms with Crippen LogP contribution in [0.3, 0.4) is 0 Å². The molecule has 0 fully saturated rings. The number of quaternary nitrogens is 1. The molecule has 2 aromatic heterocycles. The molecule has 0 spiro atoms. The van der Waals surface area contributed by atoms with Gasteiger partial charge in [0.1, 0.15) is 6.20 Å². The summed E-state index contributed by atoms with van der Waals surface area (Å²) in [5, 5.41) is 0. The lowest BCUT2D eigenvalue weighted by atomic mass is 10.3. The number of imidazole rings is 2. The van der Waals surface area contributed by atoms with E-state index in [1.165, 1.54) is 10.6 Å². The highest BCUT2D eigenvalue weighted by atomic mass is 15.3. The molecule has 1 aliphatic heterocycles. The van der Waals surface area contributed by atoms with Gasteiger partial charge in [0.25, 0.3) is 0 Å². The molecular weight excluding hydrogens is 444 g/mol. The Morgan fingerprint density at radius 3 is 1.86 bits per heavy atom. The standard InChI is InChI=1S/C10H12N2.2C10H10N2/c3*1-11-7-8-12(9-11)10-5-3-2-4-6-10/h2-8H,9H2,1H3;2*2-8H,1H3/p+1. The smallest absolute Gasteiger partial charge is 0.243 e. The van der Waals surface area contributed by atoms with Crippen LogP contribution in [0.2, 0.25) is 0 Å². The first-order chi connectivity index (χ1) is 17.6. The van der Waals surface area contributed by atoms with Crippen LogP contribution >= 0.6 is 0 Å². The summed E-state index contributed by atoms with van der Waals surface area (Å²) in [5.41, 5.74) is 3.54. The van der Waals surface area contributed by atoms with E-state index in [0.29, 0.717) is 0 Å². The van der Waals surface area contributed by atoms with Crippen LogP contribution in [0, 0.1) is 12.7 Å². The molecule has 1 aliphatic rings. The van der Waals surface area contributed by atoms with Crippen molar-refractivity contribution < 1.29 is 14.0 Å². The SMILES string of the molecule is C[NH+]1C=CN(c2ccccc2)C1.C[n+]1[c-]n(-c2ccccc2)cc1.Cn1[c-][n+](-c2ccccc2)cc1. The fraction of sp³-hybridized carbons (Fsp3) is 0.133. The second-order valence-corrected chi connectivity index (χ2v) is 8.55. The van der Waals surface area contributed by atoms with E-state index in [0.717, 1.165) is 18.0 Å². The van der Waals surface area contributed by atoms with Gasteiger partial charge in [0.05, 0.1) is 38.7 Å². The van der Waals surface area contributed by atoms with E-state index in [-0.39, 0.29) is 0 Å². The second-order valence-electron chi connectivity index (χ2n) is 8.55. The van der Waals surface area contributed by atoms with Gasteiger partial charge in [-0.05, 0) is 12.1 Å². The molecule has 1 N–H and O–H groups in total. The third-order valence-corrected chi connectivity index (χ3v) is 5.52. The molecule has 1 atom stereocenters. The van der Waals surface area contributed by atoms with Crippen molar-refractivity contribution in [1.82, 2.24) is 9.13 Å². The van der Waals surface area contributed by atoms with Crippen molar-refractivity contribution in [2.75, 3.05) is 18.6 Å². The number of nitrogens with zero attached hydrogens (tertiary/aromatic N) is 5. The summed E-state index contributed by atoms with van der Waals surface area (Å²) in [7, 11) is 6.07. The summed E-state index contributed by atoms with van der Waals surface area (Å²) < 4.78 is 7.71. The van der Waals surface area contributed by atoms with Gasteiger partial charge in [-0.15, -0.1) is 0 Å². The molecule has 6 nitrogen and oxygen atoms in total. The third-order valence-electron chi connectivity index (χ3n) is 5.52. The van der Waals surface area contributed by atoms with Crippen molar-refractivity contribution in [3.8, 4) is 11.4 Å². The summed E-state index contributed by atoms with van der Waals surface area (Å²) in [6.07, 6.45) is 18.4. The highest BCUT2D eigenvalue weighted by molar-refractivity contribution is 5.48. The molecule has 0 saturated heterocycles. The fourth-order valence-corrected chi connectivity index (χ4v) is 3.66. The molecule has 0 amide bonds. The number of hydrogen-bond donors (Lipinski definition) is 1. The molecule has 36 heavy (non-hydrogen) atoms. The van der Waals surface area contributed by atoms with Gasteiger partial charge in [-0.2, -0.15) is 0 Å². The van der Waals surface area contributed by atoms with E-state index in [4.69, 9.17) is 0 Å². The minimum atomic E-state index is 1.03. The highest BCUT2D eigenvalue weighted by Gasteiger charge is 2.13. The molecule has 0 radical (unpaired) electrons. The predicted octanol–water partition coefficient (Wildman–Crippen LogP) is 2.65. The normalized spacial score (nSPS) is 14.0. The van der Waals surface area contributed by atoms with E-state index in [1.807, 2.05) is 99.6 Å². The van der Waals surface area contributed by atoms with E-state index < -0.39 is 0 Å². The molecule has 3 aromatic carbocycles. The van der Waals surface area contributed by atoms with Crippen LogP contribution in [-0.4, -0.2) is 22.9 Å². The first kappa shape index (κ1) is 24.7. The molecule has 0 bridgehead atoms. The Labute approximate surface area is 213 Å². The Kier molecular flexibility index (Phi) is 8.46. The quantitative estimate of drug-likeness (QED) is 0.314. The van der Waals surface area contributed by atoms with Gasteiger partial charge in [-0.25, -0.2) is 0 Å². The second kappa shape index (κ2) is 12.3.